The highest BCUT2D eigenvalue weighted by Gasteiger charge is 2.55. The summed E-state index contributed by atoms with van der Waals surface area (Å²) in [7, 11) is 3.35. The second-order valence-electron chi connectivity index (χ2n) is 12.0. The van der Waals surface area contributed by atoms with Gasteiger partial charge in [0, 0.05) is 14.1 Å². The van der Waals surface area contributed by atoms with Crippen LogP contribution in [0.5, 0.6) is 0 Å². The standard InChI is InChI=1S/C17H22N2O2.C15H20O2/c1-12-4-6-13(7-5-12)14-8-10-17(11-9-14)15(20)18(2)16(21)19(17)3;1-11-3-5-12(6-4-11)13-7-9-15(2,10-8-13)14(16)17/h4-7,14H,8-11H2,1-3H3;3-6,13H,7-10H2,1-2H3,(H,16,17). The summed E-state index contributed by atoms with van der Waals surface area (Å²) >= 11 is 0. The fourth-order valence-electron chi connectivity index (χ4n) is 6.41. The second-order valence-corrected chi connectivity index (χ2v) is 12.0. The number of aryl methyl sites for hydroxylation is 2. The van der Waals surface area contributed by atoms with Crippen LogP contribution in [0.25, 0.3) is 0 Å². The SMILES string of the molecule is Cc1ccc(C2CCC(C)(C(=O)O)CC2)cc1.Cc1ccc(C2CCC3(CC2)C(=O)N(C)C(=O)N3C)cc1. The van der Waals surface area contributed by atoms with Crippen molar-refractivity contribution in [3.05, 3.63) is 70.8 Å². The molecule has 1 heterocycles. The summed E-state index contributed by atoms with van der Waals surface area (Å²) in [4.78, 5) is 38.6. The van der Waals surface area contributed by atoms with Crippen molar-refractivity contribution in [1.29, 1.82) is 0 Å². The minimum absolute atomic E-state index is 0.0302. The van der Waals surface area contributed by atoms with E-state index in [2.05, 4.69) is 62.4 Å². The highest BCUT2D eigenvalue weighted by molar-refractivity contribution is 6.06. The number of carbonyl (C=O) groups is 3. The number of rotatable bonds is 3. The molecule has 2 aromatic rings. The molecule has 3 amide bonds. The Labute approximate surface area is 227 Å². The van der Waals surface area contributed by atoms with E-state index >= 15 is 0 Å². The first-order valence-corrected chi connectivity index (χ1v) is 13.9. The van der Waals surface area contributed by atoms with Gasteiger partial charge in [-0.25, -0.2) is 4.79 Å². The Morgan fingerprint density at radius 3 is 1.50 bits per heavy atom. The molecule has 1 aliphatic heterocycles. The smallest absolute Gasteiger partial charge is 0.327 e. The average Bonchev–Trinajstić information content (AvgIpc) is 3.07. The molecule has 0 atom stereocenters. The number of carbonyl (C=O) groups excluding carboxylic acids is 2. The van der Waals surface area contributed by atoms with Gasteiger partial charge in [0.1, 0.15) is 5.54 Å². The number of nitrogens with zero attached hydrogens (tertiary/aromatic N) is 2. The Kier molecular flexibility index (Phi) is 8.01. The van der Waals surface area contributed by atoms with Crippen LogP contribution in [0, 0.1) is 19.3 Å². The van der Waals surface area contributed by atoms with Gasteiger partial charge in [-0.05, 0) is 95.1 Å². The third kappa shape index (κ3) is 5.36. The van der Waals surface area contributed by atoms with E-state index in [4.69, 9.17) is 0 Å². The van der Waals surface area contributed by atoms with E-state index in [1.807, 2.05) is 6.92 Å². The van der Waals surface area contributed by atoms with Crippen LogP contribution in [0.3, 0.4) is 0 Å². The van der Waals surface area contributed by atoms with Crippen LogP contribution in [0.1, 0.15) is 92.4 Å². The van der Waals surface area contributed by atoms with E-state index in [1.54, 1.807) is 19.0 Å². The fourth-order valence-corrected chi connectivity index (χ4v) is 6.41. The number of carboxylic acids is 1. The van der Waals surface area contributed by atoms with Crippen LogP contribution in [0.2, 0.25) is 0 Å². The van der Waals surface area contributed by atoms with Crippen molar-refractivity contribution >= 4 is 17.9 Å². The lowest BCUT2D eigenvalue weighted by molar-refractivity contribution is -0.150. The number of aliphatic carboxylic acids is 1. The molecule has 38 heavy (non-hydrogen) atoms. The molecule has 204 valence electrons. The average molecular weight is 519 g/mol. The summed E-state index contributed by atoms with van der Waals surface area (Å²) in [5.74, 6) is 0.374. The summed E-state index contributed by atoms with van der Waals surface area (Å²) in [5, 5.41) is 9.19. The molecule has 1 saturated heterocycles. The molecule has 2 saturated carbocycles. The molecule has 6 heteroatoms. The first-order valence-electron chi connectivity index (χ1n) is 13.9. The first-order chi connectivity index (χ1) is 18.0. The highest BCUT2D eigenvalue weighted by atomic mass is 16.4. The highest BCUT2D eigenvalue weighted by Crippen LogP contribution is 2.45. The Bertz CT molecular complexity index is 1150. The van der Waals surface area contributed by atoms with Crippen molar-refractivity contribution in [2.75, 3.05) is 14.1 Å². The van der Waals surface area contributed by atoms with Crippen LogP contribution in [-0.2, 0) is 9.59 Å². The third-order valence-electron chi connectivity index (χ3n) is 9.43. The molecule has 2 aromatic carbocycles. The lowest BCUT2D eigenvalue weighted by Crippen LogP contribution is -2.50. The van der Waals surface area contributed by atoms with Gasteiger partial charge < -0.3 is 10.0 Å². The van der Waals surface area contributed by atoms with Crippen LogP contribution in [-0.4, -0.2) is 52.4 Å². The summed E-state index contributed by atoms with van der Waals surface area (Å²) in [6.45, 7) is 6.06. The summed E-state index contributed by atoms with van der Waals surface area (Å²) in [6.07, 6.45) is 7.01. The van der Waals surface area contributed by atoms with Crippen molar-refractivity contribution in [2.45, 2.75) is 89.5 Å². The molecule has 1 N–H and O–H groups in total. The van der Waals surface area contributed by atoms with Crippen molar-refractivity contribution < 1.29 is 19.5 Å². The third-order valence-corrected chi connectivity index (χ3v) is 9.43. The van der Waals surface area contributed by atoms with Crippen molar-refractivity contribution in [3.8, 4) is 0 Å². The van der Waals surface area contributed by atoms with Gasteiger partial charge in [0.2, 0.25) is 0 Å². The zero-order chi connectivity index (χ0) is 27.7. The molecule has 0 bridgehead atoms. The Morgan fingerprint density at radius 2 is 1.16 bits per heavy atom. The van der Waals surface area contributed by atoms with E-state index in [9.17, 15) is 19.5 Å². The van der Waals surface area contributed by atoms with Gasteiger partial charge in [-0.1, -0.05) is 59.7 Å². The largest absolute Gasteiger partial charge is 0.481 e. The Balaban J connectivity index is 0.000000181. The van der Waals surface area contributed by atoms with Gasteiger partial charge in [-0.2, -0.15) is 0 Å². The predicted octanol–water partition coefficient (Wildman–Crippen LogP) is 6.66. The maximum Gasteiger partial charge on any atom is 0.327 e. The lowest BCUT2D eigenvalue weighted by atomic mass is 9.70. The molecule has 0 aromatic heterocycles. The van der Waals surface area contributed by atoms with E-state index < -0.39 is 16.9 Å². The topological polar surface area (TPSA) is 77.9 Å². The van der Waals surface area contributed by atoms with Crippen molar-refractivity contribution in [1.82, 2.24) is 9.80 Å². The summed E-state index contributed by atoms with van der Waals surface area (Å²) in [6, 6.07) is 17.1. The van der Waals surface area contributed by atoms with Gasteiger partial charge in [-0.3, -0.25) is 14.5 Å². The molecule has 1 spiro atoms. The normalized spacial score (nSPS) is 29.3. The zero-order valence-electron chi connectivity index (χ0n) is 23.5. The quantitative estimate of drug-likeness (QED) is 0.461. The zero-order valence-corrected chi connectivity index (χ0v) is 23.5. The van der Waals surface area contributed by atoms with E-state index in [0.717, 1.165) is 51.4 Å². The number of likely N-dealkylation sites (N-methyl/N-ethyl adjacent to an activating group) is 2. The second kappa shape index (κ2) is 10.9. The van der Waals surface area contributed by atoms with Gasteiger partial charge in [-0.15, -0.1) is 0 Å². The monoisotopic (exact) mass is 518 g/mol. The molecule has 3 aliphatic rings. The van der Waals surface area contributed by atoms with Crippen LogP contribution >= 0.6 is 0 Å². The molecule has 0 unspecified atom stereocenters. The molecular weight excluding hydrogens is 476 g/mol. The number of hydrogen-bond donors (Lipinski definition) is 1. The summed E-state index contributed by atoms with van der Waals surface area (Å²) < 4.78 is 0. The van der Waals surface area contributed by atoms with Crippen LogP contribution < -0.4 is 0 Å². The van der Waals surface area contributed by atoms with Gasteiger partial charge >= 0.3 is 12.0 Å². The fraction of sp³-hybridized carbons (Fsp3) is 0.531. The van der Waals surface area contributed by atoms with E-state index in [1.165, 1.54) is 27.2 Å². The first kappa shape index (κ1) is 27.9. The minimum atomic E-state index is -0.639. The van der Waals surface area contributed by atoms with Crippen LogP contribution in [0.15, 0.2) is 48.5 Å². The number of amides is 3. The summed E-state index contributed by atoms with van der Waals surface area (Å²) in [5.41, 5.74) is 4.17. The lowest BCUT2D eigenvalue weighted by Gasteiger charge is -2.39. The van der Waals surface area contributed by atoms with E-state index in [-0.39, 0.29) is 11.9 Å². The van der Waals surface area contributed by atoms with Crippen molar-refractivity contribution in [3.63, 3.8) is 0 Å². The Hall–Kier alpha value is -3.15. The maximum atomic E-state index is 12.5. The minimum Gasteiger partial charge on any atom is -0.481 e. The molecule has 5 rings (SSSR count). The number of urea groups is 1. The maximum absolute atomic E-state index is 12.5. The number of carboxylic acid groups (broad SMARTS) is 1. The van der Waals surface area contributed by atoms with Crippen LogP contribution in [0.4, 0.5) is 4.79 Å². The van der Waals surface area contributed by atoms with Crippen molar-refractivity contribution in [2.24, 2.45) is 5.41 Å². The molecule has 2 aliphatic carbocycles. The number of imide groups is 1. The molecular formula is C32H42N2O4. The van der Waals surface area contributed by atoms with Gasteiger partial charge in [0.25, 0.3) is 5.91 Å². The van der Waals surface area contributed by atoms with Gasteiger partial charge in [0.05, 0.1) is 5.41 Å². The molecule has 3 fully saturated rings. The van der Waals surface area contributed by atoms with Gasteiger partial charge in [0.15, 0.2) is 0 Å². The number of benzene rings is 2. The molecule has 0 radical (unpaired) electrons. The predicted molar refractivity (Wildman–Crippen MR) is 149 cm³/mol. The molecule has 6 nitrogen and oxygen atoms in total. The van der Waals surface area contributed by atoms with E-state index in [0.29, 0.717) is 11.8 Å². The number of hydrogen-bond acceptors (Lipinski definition) is 3. The Morgan fingerprint density at radius 1 is 0.763 bits per heavy atom.